The first-order valence-electron chi connectivity index (χ1n) is 4.55. The molecule has 0 heterocycles. The molecule has 3 N–H and O–H groups in total. The van der Waals surface area contributed by atoms with Crippen molar-refractivity contribution in [2.45, 2.75) is 13.0 Å². The minimum absolute atomic E-state index is 0.529. The Morgan fingerprint density at radius 3 is 2.56 bits per heavy atom. The normalized spacial score (nSPS) is 11.6. The van der Waals surface area contributed by atoms with Crippen LogP contribution in [0.3, 0.4) is 0 Å². The molecule has 5 nitrogen and oxygen atoms in total. The minimum Gasteiger partial charge on any atom is -0.480 e. The van der Waals surface area contributed by atoms with E-state index in [4.69, 9.17) is 5.11 Å². The third-order valence-electron chi connectivity index (χ3n) is 1.84. The third-order valence-corrected chi connectivity index (χ3v) is 2.78. The predicted molar refractivity (Wildman–Crippen MR) is 68.4 cm³/mol. The number of amides is 2. The van der Waals surface area contributed by atoms with Gasteiger partial charge >= 0.3 is 12.0 Å². The molecule has 1 aromatic carbocycles. The van der Waals surface area contributed by atoms with Crippen molar-refractivity contribution in [2.75, 3.05) is 5.32 Å². The summed E-state index contributed by atoms with van der Waals surface area (Å²) in [6.45, 7) is 1.40. The summed E-state index contributed by atoms with van der Waals surface area (Å²) in [5.41, 5.74) is 0.651. The molecule has 86 valence electrons. The summed E-state index contributed by atoms with van der Waals surface area (Å²) in [4.78, 5) is 21.9. The molecule has 0 fully saturated rings. The highest BCUT2D eigenvalue weighted by Gasteiger charge is 2.14. The van der Waals surface area contributed by atoms with Gasteiger partial charge in [0.25, 0.3) is 0 Å². The predicted octanol–water partition coefficient (Wildman–Crippen LogP) is 1.89. The quantitative estimate of drug-likeness (QED) is 0.739. The lowest BCUT2D eigenvalue weighted by Gasteiger charge is -2.11. The summed E-state index contributed by atoms with van der Waals surface area (Å²) >= 11 is 2.08. The molecule has 6 heteroatoms. The molecular weight excluding hydrogens is 323 g/mol. The Kier molecular flexibility index (Phi) is 4.53. The third kappa shape index (κ3) is 3.69. The minimum atomic E-state index is -1.07. The van der Waals surface area contributed by atoms with Crippen LogP contribution in [0.25, 0.3) is 0 Å². The molecule has 0 aromatic heterocycles. The number of halogens is 1. The molecule has 0 aliphatic carbocycles. The van der Waals surface area contributed by atoms with E-state index in [0.717, 1.165) is 3.57 Å². The van der Waals surface area contributed by atoms with Crippen LogP contribution in [0.5, 0.6) is 0 Å². The van der Waals surface area contributed by atoms with Crippen LogP contribution in [-0.4, -0.2) is 23.1 Å². The maximum Gasteiger partial charge on any atom is 0.325 e. The van der Waals surface area contributed by atoms with Crippen molar-refractivity contribution in [3.63, 3.8) is 0 Å². The van der Waals surface area contributed by atoms with E-state index in [1.54, 1.807) is 12.1 Å². The number of anilines is 1. The number of hydrogen-bond donors (Lipinski definition) is 3. The largest absolute Gasteiger partial charge is 0.480 e. The Labute approximate surface area is 106 Å². The average molecular weight is 334 g/mol. The standard InChI is InChI=1S/C10H11IN2O3/c1-6(9(14)15)12-10(16)13-8-5-3-2-4-7(8)11/h2-6H,1H3,(H,14,15)(H2,12,13,16). The zero-order valence-electron chi connectivity index (χ0n) is 8.53. The summed E-state index contributed by atoms with van der Waals surface area (Å²) in [5.74, 6) is -1.07. The molecule has 0 radical (unpaired) electrons. The van der Waals surface area contributed by atoms with E-state index in [9.17, 15) is 9.59 Å². The van der Waals surface area contributed by atoms with Gasteiger partial charge < -0.3 is 15.7 Å². The van der Waals surface area contributed by atoms with Crippen LogP contribution in [0.4, 0.5) is 10.5 Å². The fourth-order valence-electron chi connectivity index (χ4n) is 0.979. The van der Waals surface area contributed by atoms with Gasteiger partial charge in [-0.25, -0.2) is 4.79 Å². The second-order valence-electron chi connectivity index (χ2n) is 3.14. The highest BCUT2D eigenvalue weighted by atomic mass is 127. The maximum absolute atomic E-state index is 11.4. The number of urea groups is 1. The van der Waals surface area contributed by atoms with Gasteiger partial charge in [0.15, 0.2) is 0 Å². The number of rotatable bonds is 3. The smallest absolute Gasteiger partial charge is 0.325 e. The van der Waals surface area contributed by atoms with Gasteiger partial charge in [0.2, 0.25) is 0 Å². The van der Waals surface area contributed by atoms with E-state index in [1.165, 1.54) is 6.92 Å². The van der Waals surface area contributed by atoms with Crippen LogP contribution < -0.4 is 10.6 Å². The van der Waals surface area contributed by atoms with Crippen LogP contribution in [0.2, 0.25) is 0 Å². The zero-order chi connectivity index (χ0) is 12.1. The van der Waals surface area contributed by atoms with Crippen LogP contribution in [0.1, 0.15) is 6.92 Å². The van der Waals surface area contributed by atoms with Gasteiger partial charge in [0.05, 0.1) is 5.69 Å². The summed E-state index contributed by atoms with van der Waals surface area (Å²) in [7, 11) is 0. The number of para-hydroxylation sites is 1. The molecule has 0 bridgehead atoms. The number of nitrogens with one attached hydrogen (secondary N) is 2. The van der Waals surface area contributed by atoms with E-state index in [2.05, 4.69) is 33.2 Å². The molecule has 1 rings (SSSR count). The van der Waals surface area contributed by atoms with E-state index >= 15 is 0 Å². The fraction of sp³-hybridized carbons (Fsp3) is 0.200. The number of aliphatic carboxylic acids is 1. The Morgan fingerprint density at radius 2 is 2.00 bits per heavy atom. The molecule has 0 spiro atoms. The monoisotopic (exact) mass is 334 g/mol. The van der Waals surface area contributed by atoms with Crippen molar-refractivity contribution in [1.82, 2.24) is 5.32 Å². The zero-order valence-corrected chi connectivity index (χ0v) is 10.7. The van der Waals surface area contributed by atoms with Gasteiger partial charge in [-0.1, -0.05) is 12.1 Å². The number of carboxylic acid groups (broad SMARTS) is 1. The highest BCUT2D eigenvalue weighted by molar-refractivity contribution is 14.1. The van der Waals surface area contributed by atoms with Crippen LogP contribution in [-0.2, 0) is 4.79 Å². The first-order valence-corrected chi connectivity index (χ1v) is 5.63. The molecule has 1 aromatic rings. The number of benzene rings is 1. The Bertz CT molecular complexity index is 409. The number of carbonyl (C=O) groups excluding carboxylic acids is 1. The molecule has 0 saturated carbocycles. The number of carboxylic acids is 1. The SMILES string of the molecule is CC(NC(=O)Nc1ccccc1I)C(=O)O. The van der Waals surface area contributed by atoms with Gasteiger partial charge in [-0.05, 0) is 41.6 Å². The van der Waals surface area contributed by atoms with Crippen LogP contribution >= 0.6 is 22.6 Å². The Hall–Kier alpha value is -1.31. The number of carbonyl (C=O) groups is 2. The van der Waals surface area contributed by atoms with E-state index in [-0.39, 0.29) is 0 Å². The molecule has 1 unspecified atom stereocenters. The first-order chi connectivity index (χ1) is 7.50. The second kappa shape index (κ2) is 5.69. The molecule has 0 aliphatic heterocycles. The summed E-state index contributed by atoms with van der Waals surface area (Å²) in [6.07, 6.45) is 0. The lowest BCUT2D eigenvalue weighted by molar-refractivity contribution is -0.138. The maximum atomic E-state index is 11.4. The van der Waals surface area contributed by atoms with Gasteiger partial charge in [-0.3, -0.25) is 4.79 Å². The summed E-state index contributed by atoms with van der Waals surface area (Å²) in [5, 5.41) is 13.5. The van der Waals surface area contributed by atoms with E-state index < -0.39 is 18.0 Å². The topological polar surface area (TPSA) is 78.4 Å². The van der Waals surface area contributed by atoms with Gasteiger partial charge in [0, 0.05) is 3.57 Å². The Morgan fingerprint density at radius 1 is 1.38 bits per heavy atom. The van der Waals surface area contributed by atoms with Gasteiger partial charge in [0.1, 0.15) is 6.04 Å². The van der Waals surface area contributed by atoms with Crippen molar-refractivity contribution in [1.29, 1.82) is 0 Å². The Balaban J connectivity index is 2.59. The fourth-order valence-corrected chi connectivity index (χ4v) is 1.50. The van der Waals surface area contributed by atoms with Crippen molar-refractivity contribution >= 4 is 40.3 Å². The molecule has 1 atom stereocenters. The molecular formula is C10H11IN2O3. The highest BCUT2D eigenvalue weighted by Crippen LogP contribution is 2.16. The van der Waals surface area contributed by atoms with Gasteiger partial charge in [-0.2, -0.15) is 0 Å². The van der Waals surface area contributed by atoms with Crippen molar-refractivity contribution in [2.24, 2.45) is 0 Å². The summed E-state index contributed by atoms with van der Waals surface area (Å²) < 4.78 is 0.887. The number of hydrogen-bond acceptors (Lipinski definition) is 2. The van der Waals surface area contributed by atoms with Crippen molar-refractivity contribution < 1.29 is 14.7 Å². The first kappa shape index (κ1) is 12.8. The molecule has 2 amide bonds. The molecule has 0 aliphatic rings. The average Bonchev–Trinajstić information content (AvgIpc) is 2.21. The molecule has 16 heavy (non-hydrogen) atoms. The van der Waals surface area contributed by atoms with E-state index in [0.29, 0.717) is 5.69 Å². The van der Waals surface area contributed by atoms with Crippen LogP contribution in [0, 0.1) is 3.57 Å². The van der Waals surface area contributed by atoms with Gasteiger partial charge in [-0.15, -0.1) is 0 Å². The summed E-state index contributed by atoms with van der Waals surface area (Å²) in [6, 6.07) is 5.78. The van der Waals surface area contributed by atoms with Crippen molar-refractivity contribution in [3.05, 3.63) is 27.8 Å². The van der Waals surface area contributed by atoms with Crippen molar-refractivity contribution in [3.8, 4) is 0 Å². The van der Waals surface area contributed by atoms with E-state index in [1.807, 2.05) is 12.1 Å². The lowest BCUT2D eigenvalue weighted by atomic mass is 10.3. The van der Waals surface area contributed by atoms with Crippen LogP contribution in [0.15, 0.2) is 24.3 Å². The molecule has 0 saturated heterocycles. The lowest BCUT2D eigenvalue weighted by Crippen LogP contribution is -2.40. The second-order valence-corrected chi connectivity index (χ2v) is 4.30.